The fourth-order valence-electron chi connectivity index (χ4n) is 1.33. The van der Waals surface area contributed by atoms with Gasteiger partial charge in [0.25, 0.3) is 5.75 Å². The number of carbonyl (C=O) groups is 1. The van der Waals surface area contributed by atoms with Crippen molar-refractivity contribution in [2.24, 2.45) is 0 Å². The van der Waals surface area contributed by atoms with Crippen molar-refractivity contribution in [3.8, 4) is 11.5 Å². The molecule has 0 aliphatic heterocycles. The van der Waals surface area contributed by atoms with Gasteiger partial charge >= 0.3 is 11.8 Å². The summed E-state index contributed by atoms with van der Waals surface area (Å²) in [4.78, 5) is 22.3. The van der Waals surface area contributed by atoms with Crippen LogP contribution in [0, 0.1) is 0 Å². The highest BCUT2D eigenvalue weighted by molar-refractivity contribution is 5.85. The second-order valence-corrected chi connectivity index (χ2v) is 3.12. The van der Waals surface area contributed by atoms with E-state index in [0.29, 0.717) is 0 Å². The Hall–Kier alpha value is -2.50. The van der Waals surface area contributed by atoms with Crippen molar-refractivity contribution in [3.05, 3.63) is 34.7 Å². The maximum Gasteiger partial charge on any atom is 0.513 e. The molecule has 0 radical (unpaired) electrons. The summed E-state index contributed by atoms with van der Waals surface area (Å²) >= 11 is 0. The molecule has 0 unspecified atom stereocenters. The molecule has 1 aromatic carbocycles. The highest BCUT2D eigenvalue weighted by Gasteiger charge is 2.18. The van der Waals surface area contributed by atoms with E-state index in [1.54, 1.807) is 12.1 Å². The smallest absolute Gasteiger partial charge is 0.504 e. The van der Waals surface area contributed by atoms with Gasteiger partial charge in [0.05, 0.1) is 12.5 Å². The molecule has 1 heterocycles. The zero-order valence-corrected chi connectivity index (χ0v) is 8.80. The van der Waals surface area contributed by atoms with Crippen molar-refractivity contribution in [1.29, 1.82) is 0 Å². The van der Waals surface area contributed by atoms with Gasteiger partial charge in [-0.1, -0.05) is 12.1 Å². The molecule has 6 heteroatoms. The summed E-state index contributed by atoms with van der Waals surface area (Å²) in [6.07, 6.45) is -1.11. The number of benzene rings is 1. The van der Waals surface area contributed by atoms with Gasteiger partial charge in [0.2, 0.25) is 0 Å². The number of methoxy groups -OCH3 is 1. The molecule has 88 valence electrons. The Kier molecular flexibility index (Phi) is 2.70. The van der Waals surface area contributed by atoms with Gasteiger partial charge in [-0.05, 0) is 12.1 Å². The highest BCUT2D eigenvalue weighted by Crippen LogP contribution is 2.30. The quantitative estimate of drug-likeness (QED) is 0.598. The van der Waals surface area contributed by atoms with Gasteiger partial charge in [-0.2, -0.15) is 0 Å². The summed E-state index contributed by atoms with van der Waals surface area (Å²) in [5.74, 6) is -1.04. The van der Waals surface area contributed by atoms with E-state index >= 15 is 0 Å². The minimum atomic E-state index is -1.11. The van der Waals surface area contributed by atoms with E-state index in [1.165, 1.54) is 12.1 Å². The van der Waals surface area contributed by atoms with Crippen LogP contribution < -0.4 is 10.4 Å². The van der Waals surface area contributed by atoms with Crippen molar-refractivity contribution in [2.75, 3.05) is 7.11 Å². The lowest BCUT2D eigenvalue weighted by molar-refractivity contribution is 0.118. The van der Waals surface area contributed by atoms with Crippen LogP contribution in [0.25, 0.3) is 11.0 Å². The van der Waals surface area contributed by atoms with Crippen LogP contribution in [-0.2, 0) is 4.74 Å². The number of hydrogen-bond acceptors (Lipinski definition) is 6. The Morgan fingerprint density at radius 3 is 2.76 bits per heavy atom. The molecule has 0 aliphatic rings. The number of rotatable bonds is 1. The molecule has 0 spiro atoms. The first-order chi connectivity index (χ1) is 8.13. The summed E-state index contributed by atoms with van der Waals surface area (Å²) < 4.78 is 13.6. The van der Waals surface area contributed by atoms with E-state index in [0.717, 1.165) is 7.11 Å². The zero-order valence-electron chi connectivity index (χ0n) is 8.80. The van der Waals surface area contributed by atoms with Crippen LogP contribution in [0.1, 0.15) is 0 Å². The number of aromatic hydroxyl groups is 1. The fourth-order valence-corrected chi connectivity index (χ4v) is 1.33. The Balaban J connectivity index is 2.64. The lowest BCUT2D eigenvalue weighted by atomic mass is 10.2. The standard InChI is InChI=1S/C11H8O6/c1-15-11(14)17-9-8(12)6-4-2-3-5-7(6)16-10(9)13/h2-5,12H,1H3. The molecule has 2 aromatic rings. The summed E-state index contributed by atoms with van der Waals surface area (Å²) in [7, 11) is 1.09. The summed E-state index contributed by atoms with van der Waals surface area (Å²) in [5.41, 5.74) is -0.751. The molecule has 0 amide bonds. The van der Waals surface area contributed by atoms with Crippen molar-refractivity contribution < 1.29 is 23.8 Å². The van der Waals surface area contributed by atoms with E-state index in [-0.39, 0.29) is 11.0 Å². The lowest BCUT2D eigenvalue weighted by Crippen LogP contribution is -2.14. The van der Waals surface area contributed by atoms with Crippen LogP contribution in [-0.4, -0.2) is 18.4 Å². The second kappa shape index (κ2) is 4.17. The number of ether oxygens (including phenoxy) is 2. The molecule has 2 rings (SSSR count). The fraction of sp³-hybridized carbons (Fsp3) is 0.0909. The molecular weight excluding hydrogens is 228 g/mol. The molecule has 17 heavy (non-hydrogen) atoms. The third kappa shape index (κ3) is 1.92. The van der Waals surface area contributed by atoms with Gasteiger partial charge in [-0.3, -0.25) is 0 Å². The minimum absolute atomic E-state index is 0.201. The maximum atomic E-state index is 11.4. The number of para-hydroxylation sites is 1. The van der Waals surface area contributed by atoms with Gasteiger partial charge in [0, 0.05) is 0 Å². The topological polar surface area (TPSA) is 86.0 Å². The Bertz CT molecular complexity index is 627. The van der Waals surface area contributed by atoms with E-state index < -0.39 is 23.3 Å². The summed E-state index contributed by atoms with van der Waals surface area (Å²) in [6, 6.07) is 6.33. The molecule has 1 aromatic heterocycles. The van der Waals surface area contributed by atoms with Crippen molar-refractivity contribution in [1.82, 2.24) is 0 Å². The minimum Gasteiger partial charge on any atom is -0.504 e. The van der Waals surface area contributed by atoms with Gasteiger partial charge in [-0.15, -0.1) is 0 Å². The van der Waals surface area contributed by atoms with Gasteiger partial charge in [-0.25, -0.2) is 9.59 Å². The summed E-state index contributed by atoms with van der Waals surface area (Å²) in [5, 5.41) is 10.1. The lowest BCUT2D eigenvalue weighted by Gasteiger charge is -2.05. The van der Waals surface area contributed by atoms with Crippen LogP contribution in [0.3, 0.4) is 0 Å². The summed E-state index contributed by atoms with van der Waals surface area (Å²) in [6.45, 7) is 0. The molecule has 0 aliphatic carbocycles. The maximum absolute atomic E-state index is 11.4. The van der Waals surface area contributed by atoms with Crippen molar-refractivity contribution in [3.63, 3.8) is 0 Å². The normalized spacial score (nSPS) is 10.2. The molecule has 0 fully saturated rings. The molecule has 0 saturated heterocycles. The average Bonchev–Trinajstić information content (AvgIpc) is 2.34. The average molecular weight is 236 g/mol. The first-order valence-corrected chi connectivity index (χ1v) is 4.64. The third-order valence-electron chi connectivity index (χ3n) is 2.10. The van der Waals surface area contributed by atoms with Gasteiger partial charge in [0.1, 0.15) is 5.58 Å². The SMILES string of the molecule is COC(=O)Oc1c(O)c2ccccc2oc1=O. The molecule has 1 N–H and O–H groups in total. The van der Waals surface area contributed by atoms with Crippen molar-refractivity contribution >= 4 is 17.1 Å². The predicted molar refractivity (Wildman–Crippen MR) is 57.2 cm³/mol. The highest BCUT2D eigenvalue weighted by atomic mass is 16.7. The first-order valence-electron chi connectivity index (χ1n) is 4.64. The Labute approximate surface area is 95.0 Å². The van der Waals surface area contributed by atoms with E-state index in [1.807, 2.05) is 0 Å². The monoisotopic (exact) mass is 236 g/mol. The molecule has 0 atom stereocenters. The zero-order chi connectivity index (χ0) is 12.4. The van der Waals surface area contributed by atoms with Gasteiger partial charge in [0.15, 0.2) is 5.75 Å². The number of hydrogen-bond donors (Lipinski definition) is 1. The molecular formula is C11H8O6. The van der Waals surface area contributed by atoms with Gasteiger partial charge < -0.3 is 19.0 Å². The van der Waals surface area contributed by atoms with E-state index in [4.69, 9.17) is 4.42 Å². The van der Waals surface area contributed by atoms with Crippen LogP contribution in [0.5, 0.6) is 11.5 Å². The first kappa shape index (κ1) is 11.0. The second-order valence-electron chi connectivity index (χ2n) is 3.12. The van der Waals surface area contributed by atoms with Crippen LogP contribution >= 0.6 is 0 Å². The molecule has 6 nitrogen and oxygen atoms in total. The van der Waals surface area contributed by atoms with Crippen LogP contribution in [0.2, 0.25) is 0 Å². The van der Waals surface area contributed by atoms with E-state index in [2.05, 4.69) is 9.47 Å². The predicted octanol–water partition coefficient (Wildman–Crippen LogP) is 1.64. The largest absolute Gasteiger partial charge is 0.513 e. The van der Waals surface area contributed by atoms with Crippen LogP contribution in [0.15, 0.2) is 33.5 Å². The van der Waals surface area contributed by atoms with E-state index in [9.17, 15) is 14.7 Å². The molecule has 0 bridgehead atoms. The Morgan fingerprint density at radius 2 is 2.06 bits per heavy atom. The van der Waals surface area contributed by atoms with Crippen LogP contribution in [0.4, 0.5) is 4.79 Å². The number of carbonyl (C=O) groups excluding carboxylic acids is 1. The molecule has 0 saturated carbocycles. The van der Waals surface area contributed by atoms with Crippen molar-refractivity contribution in [2.45, 2.75) is 0 Å². The third-order valence-corrected chi connectivity index (χ3v) is 2.10. The Morgan fingerprint density at radius 1 is 1.35 bits per heavy atom. The number of fused-ring (bicyclic) bond motifs is 1.